The molecule has 2 bridgehead atoms. The number of anilines is 1. The molecule has 1 aliphatic heterocycles. The minimum Gasteiger partial charge on any atom is -0.477 e. The summed E-state index contributed by atoms with van der Waals surface area (Å²) in [6, 6.07) is 11.2. The number of pyridine rings is 3. The summed E-state index contributed by atoms with van der Waals surface area (Å²) in [7, 11) is 0. The molecule has 5 rings (SSSR count). The highest BCUT2D eigenvalue weighted by Crippen LogP contribution is 2.27. The molecule has 9 heteroatoms. The summed E-state index contributed by atoms with van der Waals surface area (Å²) < 4.78 is 7.93. The van der Waals surface area contributed by atoms with Crippen LogP contribution < -0.4 is 10.1 Å². The molecule has 0 spiro atoms. The number of nitrogens with one attached hydrogen (secondary N) is 1. The number of carbonyl (C=O) groups is 1. The lowest BCUT2D eigenvalue weighted by atomic mass is 10.1. The summed E-state index contributed by atoms with van der Waals surface area (Å²) in [4.78, 5) is 26.6. The molecular formula is C24H23N7O2. The van der Waals surface area contributed by atoms with E-state index in [2.05, 4.69) is 37.4 Å². The van der Waals surface area contributed by atoms with Gasteiger partial charge < -0.3 is 14.6 Å². The predicted octanol–water partition coefficient (Wildman–Crippen LogP) is 4.09. The first-order valence-electron chi connectivity index (χ1n) is 10.8. The molecule has 4 aromatic heterocycles. The third-order valence-corrected chi connectivity index (χ3v) is 5.61. The fraction of sp³-hybridized carbons (Fsp3) is 0.250. The summed E-state index contributed by atoms with van der Waals surface area (Å²) in [5, 5.41) is 11.2. The van der Waals surface area contributed by atoms with Gasteiger partial charge in [0.15, 0.2) is 5.82 Å². The van der Waals surface area contributed by atoms with Crippen LogP contribution >= 0.6 is 0 Å². The van der Waals surface area contributed by atoms with Crippen LogP contribution in [0.1, 0.15) is 41.9 Å². The van der Waals surface area contributed by atoms with E-state index in [-0.39, 0.29) is 11.9 Å². The quantitative estimate of drug-likeness (QED) is 0.474. The Hall–Kier alpha value is -4.14. The topological polar surface area (TPSA) is 108 Å². The summed E-state index contributed by atoms with van der Waals surface area (Å²) in [6.45, 7) is 4.47. The summed E-state index contributed by atoms with van der Waals surface area (Å²) in [5.74, 6) is 1.01. The molecule has 0 saturated heterocycles. The first-order valence-corrected chi connectivity index (χ1v) is 10.8. The second kappa shape index (κ2) is 8.78. The lowest BCUT2D eigenvalue weighted by molar-refractivity contribution is 0.102. The van der Waals surface area contributed by atoms with Gasteiger partial charge >= 0.3 is 0 Å². The number of amides is 1. The van der Waals surface area contributed by atoms with Crippen molar-refractivity contribution in [3.05, 3.63) is 66.4 Å². The molecular weight excluding hydrogens is 418 g/mol. The van der Waals surface area contributed by atoms with Crippen molar-refractivity contribution >= 4 is 11.7 Å². The number of ether oxygens (including phenoxy) is 1. The molecule has 5 heterocycles. The number of fused-ring (bicyclic) bond motifs is 5. The molecule has 33 heavy (non-hydrogen) atoms. The molecule has 0 unspecified atom stereocenters. The number of aromatic nitrogens is 6. The summed E-state index contributed by atoms with van der Waals surface area (Å²) in [6.07, 6.45) is 6.80. The second-order valence-electron chi connectivity index (χ2n) is 8.03. The summed E-state index contributed by atoms with van der Waals surface area (Å²) >= 11 is 0. The Balaban J connectivity index is 1.55. The molecule has 1 atom stereocenters. The van der Waals surface area contributed by atoms with Gasteiger partial charge in [0.1, 0.15) is 23.4 Å². The zero-order valence-corrected chi connectivity index (χ0v) is 18.4. The minimum absolute atomic E-state index is 0.158. The second-order valence-corrected chi connectivity index (χ2v) is 8.03. The molecule has 0 aromatic carbocycles. The molecule has 9 nitrogen and oxygen atoms in total. The van der Waals surface area contributed by atoms with Crippen LogP contribution in [0.4, 0.5) is 5.82 Å². The average Bonchev–Trinajstić information content (AvgIpc) is 3.32. The van der Waals surface area contributed by atoms with Gasteiger partial charge in [-0.25, -0.2) is 9.97 Å². The Bertz CT molecular complexity index is 1300. The zero-order chi connectivity index (χ0) is 22.8. The van der Waals surface area contributed by atoms with Gasteiger partial charge in [0.05, 0.1) is 6.61 Å². The number of hydrogen-bond acceptors (Lipinski definition) is 7. The third-order valence-electron chi connectivity index (χ3n) is 5.61. The lowest BCUT2D eigenvalue weighted by Crippen LogP contribution is -2.17. The van der Waals surface area contributed by atoms with Crippen LogP contribution in [0.25, 0.3) is 22.6 Å². The van der Waals surface area contributed by atoms with Gasteiger partial charge in [-0.05, 0) is 51.0 Å². The third kappa shape index (κ3) is 4.30. The van der Waals surface area contributed by atoms with Crippen LogP contribution in [0.15, 0.2) is 55.1 Å². The standard InChI is InChI=1S/C24H23N7O2/c1-15-8-9-17(12-25-15)18-11-19-23(32)29-21-7-3-6-20(28-21)22-30-27-14-31(22)16(2)5-4-10-33-24(19)26-13-18/h3,6-9,11-14,16H,4-5,10H2,1-2H3,(H,28,29,32)/t16-/m0/s1. The van der Waals surface area contributed by atoms with Crippen LogP contribution in [-0.2, 0) is 0 Å². The van der Waals surface area contributed by atoms with Crippen molar-refractivity contribution in [1.29, 1.82) is 0 Å². The maximum absolute atomic E-state index is 13.2. The van der Waals surface area contributed by atoms with E-state index < -0.39 is 0 Å². The fourth-order valence-electron chi connectivity index (χ4n) is 3.77. The van der Waals surface area contributed by atoms with Crippen molar-refractivity contribution < 1.29 is 9.53 Å². The van der Waals surface area contributed by atoms with E-state index in [4.69, 9.17) is 4.74 Å². The Morgan fingerprint density at radius 3 is 2.85 bits per heavy atom. The van der Waals surface area contributed by atoms with Gasteiger partial charge in [0.2, 0.25) is 5.88 Å². The normalized spacial score (nSPS) is 16.1. The predicted molar refractivity (Wildman–Crippen MR) is 123 cm³/mol. The molecule has 1 N–H and O–H groups in total. The van der Waals surface area contributed by atoms with E-state index in [0.29, 0.717) is 35.4 Å². The molecule has 0 radical (unpaired) electrons. The first-order chi connectivity index (χ1) is 16.1. The largest absolute Gasteiger partial charge is 0.477 e. The smallest absolute Gasteiger partial charge is 0.262 e. The molecule has 0 aliphatic carbocycles. The van der Waals surface area contributed by atoms with Crippen LogP contribution in [-0.4, -0.2) is 42.2 Å². The molecule has 0 fully saturated rings. The Labute approximate surface area is 190 Å². The van der Waals surface area contributed by atoms with Gasteiger partial charge in [-0.1, -0.05) is 12.1 Å². The van der Waals surface area contributed by atoms with Gasteiger partial charge in [0, 0.05) is 35.3 Å². The van der Waals surface area contributed by atoms with Gasteiger partial charge in [0.25, 0.3) is 5.91 Å². The van der Waals surface area contributed by atoms with Crippen LogP contribution in [0, 0.1) is 6.92 Å². The van der Waals surface area contributed by atoms with E-state index >= 15 is 0 Å². The minimum atomic E-state index is -0.351. The molecule has 0 saturated carbocycles. The van der Waals surface area contributed by atoms with Crippen LogP contribution in [0.3, 0.4) is 0 Å². The average molecular weight is 441 g/mol. The van der Waals surface area contributed by atoms with E-state index in [1.54, 1.807) is 30.9 Å². The van der Waals surface area contributed by atoms with Crippen molar-refractivity contribution in [3.8, 4) is 28.5 Å². The lowest BCUT2D eigenvalue weighted by Gasteiger charge is -2.17. The van der Waals surface area contributed by atoms with E-state index in [1.807, 2.05) is 35.8 Å². The highest BCUT2D eigenvalue weighted by atomic mass is 16.5. The number of aryl methyl sites for hydroxylation is 1. The maximum Gasteiger partial charge on any atom is 0.262 e. The Morgan fingerprint density at radius 1 is 1.12 bits per heavy atom. The van der Waals surface area contributed by atoms with Gasteiger partial charge in [-0.2, -0.15) is 0 Å². The maximum atomic E-state index is 13.2. The van der Waals surface area contributed by atoms with Crippen LogP contribution in [0.2, 0.25) is 0 Å². The molecule has 1 amide bonds. The molecule has 166 valence electrons. The fourth-order valence-corrected chi connectivity index (χ4v) is 3.77. The van der Waals surface area contributed by atoms with E-state index in [1.165, 1.54) is 0 Å². The van der Waals surface area contributed by atoms with Crippen molar-refractivity contribution in [2.24, 2.45) is 0 Å². The van der Waals surface area contributed by atoms with Gasteiger partial charge in [-0.3, -0.25) is 9.78 Å². The Kier molecular flexibility index (Phi) is 5.52. The SMILES string of the molecule is Cc1ccc(-c2cnc3c(c2)C(=O)Nc2cccc(n2)-c2nncn2[C@@H](C)CCCO3)cn1. The monoisotopic (exact) mass is 441 g/mol. The zero-order valence-electron chi connectivity index (χ0n) is 18.4. The van der Waals surface area contributed by atoms with Crippen molar-refractivity contribution in [2.45, 2.75) is 32.7 Å². The van der Waals surface area contributed by atoms with E-state index in [9.17, 15) is 4.79 Å². The highest BCUT2D eigenvalue weighted by molar-refractivity contribution is 6.06. The van der Waals surface area contributed by atoms with Gasteiger partial charge in [-0.15, -0.1) is 10.2 Å². The Morgan fingerprint density at radius 2 is 2.00 bits per heavy atom. The van der Waals surface area contributed by atoms with E-state index in [0.717, 1.165) is 29.7 Å². The van der Waals surface area contributed by atoms with Crippen molar-refractivity contribution in [1.82, 2.24) is 29.7 Å². The number of nitrogens with zero attached hydrogens (tertiary/aromatic N) is 6. The number of hydrogen-bond donors (Lipinski definition) is 1. The summed E-state index contributed by atoms with van der Waals surface area (Å²) in [5.41, 5.74) is 3.56. The van der Waals surface area contributed by atoms with Crippen molar-refractivity contribution in [2.75, 3.05) is 11.9 Å². The highest BCUT2D eigenvalue weighted by Gasteiger charge is 2.20. The number of rotatable bonds is 1. The van der Waals surface area contributed by atoms with Crippen LogP contribution in [0.5, 0.6) is 5.88 Å². The van der Waals surface area contributed by atoms with Crippen molar-refractivity contribution in [3.63, 3.8) is 0 Å². The number of carbonyl (C=O) groups excluding carboxylic acids is 1. The molecule has 1 aliphatic rings. The first kappa shape index (κ1) is 20.7. The molecule has 4 aromatic rings.